The molecule has 0 fully saturated rings. The molecular weight excluding hydrogens is 105 g/mol. The zero-order chi connectivity index (χ0) is 6.57. The van der Waals surface area contributed by atoms with Crippen molar-refractivity contribution in [2.45, 2.75) is 5.82 Å². The van der Waals surface area contributed by atoms with Crippen molar-refractivity contribution < 1.29 is 9.90 Å². The molecule has 0 rings (SSSR count). The van der Waals surface area contributed by atoms with Gasteiger partial charge in [-0.15, -0.1) is 0 Å². The molecule has 2 radical (unpaired) electrons. The van der Waals surface area contributed by atoms with Gasteiger partial charge in [0.15, 0.2) is 0 Å². The maximum Gasteiger partial charge on any atom is 0.298 e. The molecule has 0 spiro atoms. The summed E-state index contributed by atoms with van der Waals surface area (Å²) in [5.41, 5.74) is 0. The molecule has 1 atom stereocenters. The minimum absolute atomic E-state index is 0.315. The van der Waals surface area contributed by atoms with E-state index < -0.39 is 11.8 Å². The Morgan fingerprint density at radius 1 is 2.00 bits per heavy atom. The number of carboxylic acid groups (broad SMARTS) is 1. The number of aliphatic carboxylic acids is 1. The molecule has 4 heteroatoms. The van der Waals surface area contributed by atoms with Crippen LogP contribution < -0.4 is 5.32 Å². The molecule has 0 aromatic rings. The average Bonchev–Trinajstić information content (AvgIpc) is 1.67. The van der Waals surface area contributed by atoms with E-state index in [0.29, 0.717) is 6.54 Å². The fourth-order valence-corrected chi connectivity index (χ4v) is 0.307. The van der Waals surface area contributed by atoms with Gasteiger partial charge in [-0.1, -0.05) is 0 Å². The summed E-state index contributed by atoms with van der Waals surface area (Å²) in [5, 5.41) is 10.8. The lowest BCUT2D eigenvalue weighted by molar-refractivity contribution is -0.136. The fourth-order valence-electron chi connectivity index (χ4n) is 0.307. The molecule has 44 valence electrons. The van der Waals surface area contributed by atoms with Crippen LogP contribution in [0.1, 0.15) is 0 Å². The SMILES string of the molecule is [B]C(CNC)C(=O)O. The van der Waals surface area contributed by atoms with Gasteiger partial charge in [-0.05, 0) is 7.05 Å². The van der Waals surface area contributed by atoms with Crippen molar-refractivity contribution in [3.05, 3.63) is 0 Å². The molecule has 0 amide bonds. The maximum absolute atomic E-state index is 9.92. The van der Waals surface area contributed by atoms with Crippen LogP contribution in [0.3, 0.4) is 0 Å². The summed E-state index contributed by atoms with van der Waals surface area (Å²) in [6.07, 6.45) is 0. The van der Waals surface area contributed by atoms with Gasteiger partial charge in [-0.3, -0.25) is 4.79 Å². The highest BCUT2D eigenvalue weighted by Gasteiger charge is 2.06. The van der Waals surface area contributed by atoms with E-state index in [9.17, 15) is 4.79 Å². The average molecular weight is 113 g/mol. The molecule has 0 aromatic heterocycles. The van der Waals surface area contributed by atoms with Gasteiger partial charge in [-0.2, -0.15) is 0 Å². The Morgan fingerprint density at radius 2 is 2.50 bits per heavy atom. The molecule has 0 aliphatic rings. The van der Waals surface area contributed by atoms with Gasteiger partial charge in [0.1, 0.15) is 0 Å². The third-order valence-corrected chi connectivity index (χ3v) is 0.741. The van der Waals surface area contributed by atoms with Crippen LogP contribution in [0.5, 0.6) is 0 Å². The lowest BCUT2D eigenvalue weighted by Crippen LogP contribution is -2.20. The van der Waals surface area contributed by atoms with E-state index >= 15 is 0 Å². The van der Waals surface area contributed by atoms with Gasteiger partial charge in [-0.25, -0.2) is 0 Å². The number of hydrogen-bond donors (Lipinski definition) is 2. The highest BCUT2D eigenvalue weighted by atomic mass is 16.4. The molecule has 0 saturated heterocycles. The van der Waals surface area contributed by atoms with Gasteiger partial charge in [0.2, 0.25) is 0 Å². The second-order valence-electron chi connectivity index (χ2n) is 1.50. The molecule has 0 heterocycles. The zero-order valence-corrected chi connectivity index (χ0v) is 4.72. The zero-order valence-electron chi connectivity index (χ0n) is 4.72. The van der Waals surface area contributed by atoms with Gasteiger partial charge in [0.05, 0.1) is 7.85 Å². The predicted octanol–water partition coefficient (Wildman–Crippen LogP) is -0.753. The third kappa shape index (κ3) is 2.63. The first kappa shape index (κ1) is 7.49. The van der Waals surface area contributed by atoms with E-state index in [1.165, 1.54) is 0 Å². The van der Waals surface area contributed by atoms with Crippen molar-refractivity contribution in [1.29, 1.82) is 0 Å². The first-order valence-corrected chi connectivity index (χ1v) is 2.31. The molecule has 0 bridgehead atoms. The highest BCUT2D eigenvalue weighted by Crippen LogP contribution is 1.92. The summed E-state index contributed by atoms with van der Waals surface area (Å²) in [6.45, 7) is 0.315. The second-order valence-corrected chi connectivity index (χ2v) is 1.50. The van der Waals surface area contributed by atoms with Crippen molar-refractivity contribution in [3.63, 3.8) is 0 Å². The van der Waals surface area contributed by atoms with Crippen molar-refractivity contribution in [1.82, 2.24) is 5.32 Å². The molecule has 3 nitrogen and oxygen atoms in total. The van der Waals surface area contributed by atoms with E-state index in [0.717, 1.165) is 0 Å². The van der Waals surface area contributed by atoms with Crippen LogP contribution in [0.15, 0.2) is 0 Å². The number of carbonyl (C=O) groups is 1. The van der Waals surface area contributed by atoms with Gasteiger partial charge in [0, 0.05) is 12.4 Å². The number of hydrogen-bond acceptors (Lipinski definition) is 2. The molecule has 8 heavy (non-hydrogen) atoms. The van der Waals surface area contributed by atoms with E-state index in [-0.39, 0.29) is 0 Å². The summed E-state index contributed by atoms with van der Waals surface area (Å²) >= 11 is 0. The molecule has 2 N–H and O–H groups in total. The molecule has 0 aliphatic carbocycles. The quantitative estimate of drug-likeness (QED) is 0.473. The van der Waals surface area contributed by atoms with Crippen LogP contribution in [-0.2, 0) is 4.79 Å². The molecule has 0 saturated carbocycles. The number of carboxylic acids is 1. The van der Waals surface area contributed by atoms with E-state index in [1.807, 2.05) is 0 Å². The topological polar surface area (TPSA) is 49.3 Å². The first-order chi connectivity index (χ1) is 3.68. The minimum Gasteiger partial charge on any atom is -0.482 e. The monoisotopic (exact) mass is 113 g/mol. The van der Waals surface area contributed by atoms with Crippen molar-refractivity contribution in [2.75, 3.05) is 13.6 Å². The Hall–Kier alpha value is -0.505. The van der Waals surface area contributed by atoms with Crippen LogP contribution >= 0.6 is 0 Å². The normalized spacial score (nSPS) is 13.1. The first-order valence-electron chi connectivity index (χ1n) is 2.31. The predicted molar refractivity (Wildman–Crippen MR) is 31.1 cm³/mol. The van der Waals surface area contributed by atoms with Crippen LogP contribution in [0.4, 0.5) is 0 Å². The van der Waals surface area contributed by atoms with E-state index in [1.54, 1.807) is 7.05 Å². The fraction of sp³-hybridized carbons (Fsp3) is 0.750. The van der Waals surface area contributed by atoms with Crippen LogP contribution in [0.2, 0.25) is 5.82 Å². The minimum atomic E-state index is -0.973. The molecule has 0 aliphatic heterocycles. The summed E-state index contributed by atoms with van der Waals surface area (Å²) in [5.74, 6) is -1.75. The summed E-state index contributed by atoms with van der Waals surface area (Å²) in [4.78, 5) is 9.92. The highest BCUT2D eigenvalue weighted by molar-refractivity contribution is 6.22. The van der Waals surface area contributed by atoms with Crippen molar-refractivity contribution in [2.24, 2.45) is 0 Å². The Balaban J connectivity index is 3.32. The van der Waals surface area contributed by atoms with Gasteiger partial charge in [0.25, 0.3) is 5.97 Å². The molecule has 1 unspecified atom stereocenters. The summed E-state index contributed by atoms with van der Waals surface area (Å²) in [7, 11) is 6.72. The maximum atomic E-state index is 9.92. The Labute approximate surface area is 49.5 Å². The van der Waals surface area contributed by atoms with E-state index in [2.05, 4.69) is 5.32 Å². The summed E-state index contributed by atoms with van der Waals surface area (Å²) < 4.78 is 0. The van der Waals surface area contributed by atoms with Crippen LogP contribution in [-0.4, -0.2) is 32.5 Å². The lowest BCUT2D eigenvalue weighted by atomic mass is 9.88. The Kier molecular flexibility index (Phi) is 3.27. The molecular formula is C4H8BNO2. The largest absolute Gasteiger partial charge is 0.482 e. The second kappa shape index (κ2) is 3.49. The van der Waals surface area contributed by atoms with Crippen molar-refractivity contribution >= 4 is 13.8 Å². The Morgan fingerprint density at radius 3 is 2.62 bits per heavy atom. The Bertz CT molecular complexity index is 86.1. The van der Waals surface area contributed by atoms with Crippen LogP contribution in [0.25, 0.3) is 0 Å². The number of nitrogens with one attached hydrogen (secondary N) is 1. The lowest BCUT2D eigenvalue weighted by Gasteiger charge is -2.02. The van der Waals surface area contributed by atoms with Crippen molar-refractivity contribution in [3.8, 4) is 0 Å². The number of rotatable bonds is 3. The molecule has 0 aromatic carbocycles. The standard InChI is InChI=1S/C4H8BNO2/c1-6-2-3(5)4(7)8/h3,6H,2H2,1H3,(H,7,8). The van der Waals surface area contributed by atoms with Crippen LogP contribution in [0, 0.1) is 0 Å². The van der Waals surface area contributed by atoms with Gasteiger partial charge < -0.3 is 10.4 Å². The van der Waals surface area contributed by atoms with Gasteiger partial charge >= 0.3 is 0 Å². The third-order valence-electron chi connectivity index (χ3n) is 0.741. The summed E-state index contributed by atoms with van der Waals surface area (Å²) in [6, 6.07) is 0. The van der Waals surface area contributed by atoms with E-state index in [4.69, 9.17) is 13.0 Å². The smallest absolute Gasteiger partial charge is 0.298 e.